The van der Waals surface area contributed by atoms with E-state index in [1.807, 2.05) is 30.3 Å². The standard InChI is InChI=1S/C18H23N5O/c24-18(16-4-2-1-3-5-16)10-11-23(13-18)12-14-6-8-15(9-7-14)17-19-21-22-20-17/h1-9,17,19-22,24H,10-13H2. The van der Waals surface area contributed by atoms with Gasteiger partial charge < -0.3 is 5.11 Å². The average molecular weight is 325 g/mol. The van der Waals surface area contributed by atoms with Crippen molar-refractivity contribution in [3.05, 3.63) is 71.3 Å². The maximum Gasteiger partial charge on any atom is 0.111 e. The van der Waals surface area contributed by atoms with Crippen LogP contribution in [0.15, 0.2) is 54.6 Å². The number of hydrogen-bond acceptors (Lipinski definition) is 6. The Morgan fingerprint density at radius 1 is 1.00 bits per heavy atom. The van der Waals surface area contributed by atoms with E-state index < -0.39 is 5.60 Å². The van der Waals surface area contributed by atoms with Gasteiger partial charge in [-0.25, -0.2) is 10.9 Å². The monoisotopic (exact) mass is 325 g/mol. The van der Waals surface area contributed by atoms with Crippen molar-refractivity contribution >= 4 is 0 Å². The molecule has 0 bridgehead atoms. The molecule has 6 heteroatoms. The van der Waals surface area contributed by atoms with Gasteiger partial charge in [0, 0.05) is 19.6 Å². The van der Waals surface area contributed by atoms with E-state index in [1.165, 1.54) is 11.1 Å². The number of nitrogens with one attached hydrogen (secondary N) is 4. The Hall–Kier alpha value is -1.80. The highest BCUT2D eigenvalue weighted by Crippen LogP contribution is 2.32. The van der Waals surface area contributed by atoms with Crippen LogP contribution in [-0.2, 0) is 12.1 Å². The van der Waals surface area contributed by atoms with Crippen LogP contribution in [0.5, 0.6) is 0 Å². The van der Waals surface area contributed by atoms with Crippen LogP contribution in [0.4, 0.5) is 0 Å². The van der Waals surface area contributed by atoms with Crippen molar-refractivity contribution in [2.24, 2.45) is 0 Å². The lowest BCUT2D eigenvalue weighted by Crippen LogP contribution is -2.33. The number of hydrazine groups is 3. The van der Waals surface area contributed by atoms with E-state index in [1.54, 1.807) is 0 Å². The highest BCUT2D eigenvalue weighted by atomic mass is 16.3. The van der Waals surface area contributed by atoms with Crippen molar-refractivity contribution in [1.29, 1.82) is 0 Å². The number of nitrogens with zero attached hydrogens (tertiary/aromatic N) is 1. The SMILES string of the molecule is OC1(c2ccccc2)CCN(Cc2ccc(C3NNNN3)cc2)C1. The predicted octanol–water partition coefficient (Wildman–Crippen LogP) is 0.896. The van der Waals surface area contributed by atoms with E-state index in [4.69, 9.17) is 0 Å². The molecule has 1 unspecified atom stereocenters. The molecule has 2 aliphatic rings. The Labute approximate surface area is 141 Å². The average Bonchev–Trinajstić information content (AvgIpc) is 3.28. The minimum absolute atomic E-state index is 0.0639. The van der Waals surface area contributed by atoms with Crippen molar-refractivity contribution < 1.29 is 5.11 Å². The molecule has 2 aromatic carbocycles. The highest BCUT2D eigenvalue weighted by molar-refractivity contribution is 5.26. The molecule has 2 fully saturated rings. The molecule has 4 rings (SSSR count). The van der Waals surface area contributed by atoms with Gasteiger partial charge in [-0.15, -0.1) is 0 Å². The summed E-state index contributed by atoms with van der Waals surface area (Å²) >= 11 is 0. The van der Waals surface area contributed by atoms with E-state index >= 15 is 0 Å². The molecule has 2 aliphatic heterocycles. The number of benzene rings is 2. The molecule has 0 saturated carbocycles. The van der Waals surface area contributed by atoms with Crippen molar-refractivity contribution in [2.45, 2.75) is 24.7 Å². The quantitative estimate of drug-likeness (QED) is 0.575. The lowest BCUT2D eigenvalue weighted by molar-refractivity contribution is 0.0453. The zero-order chi connectivity index (χ0) is 16.4. The fourth-order valence-corrected chi connectivity index (χ4v) is 3.48. The molecule has 126 valence electrons. The van der Waals surface area contributed by atoms with Crippen molar-refractivity contribution in [3.8, 4) is 0 Å². The lowest BCUT2D eigenvalue weighted by atomic mass is 9.93. The van der Waals surface area contributed by atoms with Crippen LogP contribution in [0.25, 0.3) is 0 Å². The van der Waals surface area contributed by atoms with E-state index in [0.29, 0.717) is 6.54 Å². The summed E-state index contributed by atoms with van der Waals surface area (Å²) in [7, 11) is 0. The number of rotatable bonds is 4. The first kappa shape index (κ1) is 15.7. The summed E-state index contributed by atoms with van der Waals surface area (Å²) in [5, 5.41) is 10.9. The van der Waals surface area contributed by atoms with Crippen molar-refractivity contribution in [2.75, 3.05) is 13.1 Å². The van der Waals surface area contributed by atoms with Gasteiger partial charge in [-0.2, -0.15) is 11.1 Å². The van der Waals surface area contributed by atoms with E-state index in [0.717, 1.165) is 25.1 Å². The van der Waals surface area contributed by atoms with Gasteiger partial charge in [0.2, 0.25) is 0 Å². The summed E-state index contributed by atoms with van der Waals surface area (Å²) in [6.45, 7) is 2.45. The zero-order valence-corrected chi connectivity index (χ0v) is 13.5. The summed E-state index contributed by atoms with van der Waals surface area (Å²) in [6, 6.07) is 18.5. The maximum absolute atomic E-state index is 10.9. The van der Waals surface area contributed by atoms with E-state index in [-0.39, 0.29) is 6.17 Å². The summed E-state index contributed by atoms with van der Waals surface area (Å²) in [5.74, 6) is 0. The third kappa shape index (κ3) is 3.21. The van der Waals surface area contributed by atoms with E-state index in [9.17, 15) is 5.11 Å². The van der Waals surface area contributed by atoms with Crippen LogP contribution in [0.3, 0.4) is 0 Å². The molecule has 0 spiro atoms. The van der Waals surface area contributed by atoms with Gasteiger partial charge in [0.05, 0.1) is 0 Å². The molecule has 2 aromatic rings. The van der Waals surface area contributed by atoms with Crippen LogP contribution in [-0.4, -0.2) is 23.1 Å². The van der Waals surface area contributed by atoms with Gasteiger partial charge in [-0.05, 0) is 23.1 Å². The van der Waals surface area contributed by atoms with Gasteiger partial charge in [-0.1, -0.05) is 54.6 Å². The number of likely N-dealkylation sites (tertiary alicyclic amines) is 1. The first-order chi connectivity index (χ1) is 11.7. The second kappa shape index (κ2) is 6.60. The summed E-state index contributed by atoms with van der Waals surface area (Å²) < 4.78 is 0. The fourth-order valence-electron chi connectivity index (χ4n) is 3.48. The van der Waals surface area contributed by atoms with Gasteiger partial charge in [0.15, 0.2) is 0 Å². The molecule has 1 atom stereocenters. The smallest absolute Gasteiger partial charge is 0.111 e. The van der Waals surface area contributed by atoms with Crippen molar-refractivity contribution in [1.82, 2.24) is 26.8 Å². The number of aliphatic hydroxyl groups is 1. The molecule has 2 heterocycles. The fraction of sp³-hybridized carbons (Fsp3) is 0.333. The van der Waals surface area contributed by atoms with Gasteiger partial charge >= 0.3 is 0 Å². The largest absolute Gasteiger partial charge is 0.384 e. The minimum atomic E-state index is -0.726. The van der Waals surface area contributed by atoms with Gasteiger partial charge in [0.1, 0.15) is 11.8 Å². The Balaban J connectivity index is 1.39. The van der Waals surface area contributed by atoms with Crippen LogP contribution >= 0.6 is 0 Å². The Morgan fingerprint density at radius 3 is 2.42 bits per heavy atom. The Bertz CT molecular complexity index is 672. The maximum atomic E-state index is 10.9. The number of β-amino-alcohol motifs (C(OH)–C–C–N with tert-alkyl or cyclic N) is 1. The third-order valence-corrected chi connectivity index (χ3v) is 4.85. The van der Waals surface area contributed by atoms with Gasteiger partial charge in [0.25, 0.3) is 0 Å². The summed E-state index contributed by atoms with van der Waals surface area (Å²) in [5.41, 5.74) is 14.5. The van der Waals surface area contributed by atoms with Gasteiger partial charge in [-0.3, -0.25) is 4.90 Å². The zero-order valence-electron chi connectivity index (χ0n) is 13.5. The summed E-state index contributed by atoms with van der Waals surface area (Å²) in [4.78, 5) is 2.32. The van der Waals surface area contributed by atoms with Crippen LogP contribution in [0, 0.1) is 0 Å². The molecule has 0 amide bonds. The van der Waals surface area contributed by atoms with Crippen LogP contribution in [0.1, 0.15) is 29.3 Å². The summed E-state index contributed by atoms with van der Waals surface area (Å²) in [6.07, 6.45) is 0.844. The highest BCUT2D eigenvalue weighted by Gasteiger charge is 2.37. The van der Waals surface area contributed by atoms with Crippen LogP contribution in [0.2, 0.25) is 0 Å². The molecule has 0 aliphatic carbocycles. The molecule has 6 nitrogen and oxygen atoms in total. The predicted molar refractivity (Wildman–Crippen MR) is 92.0 cm³/mol. The second-order valence-corrected chi connectivity index (χ2v) is 6.57. The lowest BCUT2D eigenvalue weighted by Gasteiger charge is -2.24. The molecule has 0 aromatic heterocycles. The topological polar surface area (TPSA) is 71.6 Å². The molecule has 0 radical (unpaired) electrons. The normalized spacial score (nSPS) is 25.4. The van der Waals surface area contributed by atoms with E-state index in [2.05, 4.69) is 51.1 Å². The van der Waals surface area contributed by atoms with Crippen LogP contribution < -0.4 is 21.9 Å². The second-order valence-electron chi connectivity index (χ2n) is 6.57. The first-order valence-corrected chi connectivity index (χ1v) is 8.33. The molecular weight excluding hydrogens is 302 g/mol. The van der Waals surface area contributed by atoms with Crippen molar-refractivity contribution in [3.63, 3.8) is 0 Å². The molecule has 2 saturated heterocycles. The molecule has 5 N–H and O–H groups in total. The Morgan fingerprint density at radius 2 is 1.71 bits per heavy atom. The first-order valence-electron chi connectivity index (χ1n) is 8.33. The molecule has 24 heavy (non-hydrogen) atoms. The third-order valence-electron chi connectivity index (χ3n) is 4.85. The Kier molecular flexibility index (Phi) is 4.32. The number of hydrogen-bond donors (Lipinski definition) is 5. The molecular formula is C18H23N5O. The minimum Gasteiger partial charge on any atom is -0.384 e.